The second-order valence-corrected chi connectivity index (χ2v) is 3.21. The van der Waals surface area contributed by atoms with E-state index < -0.39 is 5.97 Å². The molecule has 2 rings (SSSR count). The molecule has 0 bridgehead atoms. The molecule has 0 radical (unpaired) electrons. The third kappa shape index (κ3) is 1.20. The van der Waals surface area contributed by atoms with Gasteiger partial charge in [0.2, 0.25) is 0 Å². The maximum absolute atomic E-state index is 11.2. The minimum Gasteiger partial charge on any atom is -0.477 e. The fourth-order valence-corrected chi connectivity index (χ4v) is 1.67. The molecule has 0 aromatic carbocycles. The lowest BCUT2D eigenvalue weighted by Gasteiger charge is -1.93. The summed E-state index contributed by atoms with van der Waals surface area (Å²) in [7, 11) is 0. The molecule has 0 aliphatic heterocycles. The van der Waals surface area contributed by atoms with Gasteiger partial charge < -0.3 is 5.11 Å². The van der Waals surface area contributed by atoms with Gasteiger partial charge in [0.25, 0.3) is 5.56 Å². The molecule has 1 N–H and O–H groups in total. The highest BCUT2D eigenvalue weighted by Gasteiger charge is 2.08. The largest absolute Gasteiger partial charge is 0.477 e. The molecule has 0 saturated heterocycles. The normalized spacial score (nSPS) is 10.5. The Morgan fingerprint density at radius 3 is 3.08 bits per heavy atom. The lowest BCUT2D eigenvalue weighted by molar-refractivity contribution is 0.0690. The molecule has 0 fully saturated rings. The van der Waals surface area contributed by atoms with E-state index in [2.05, 4.69) is 4.98 Å². The van der Waals surface area contributed by atoms with Crippen molar-refractivity contribution < 1.29 is 9.90 Å². The number of carboxylic acids is 1. The smallest absolute Gasteiger partial charge is 0.354 e. The minimum absolute atomic E-state index is 0.215. The van der Waals surface area contributed by atoms with E-state index in [-0.39, 0.29) is 11.3 Å². The Hall–Kier alpha value is -1.69. The Labute approximate surface area is 75.9 Å². The molecular weight excluding hydrogens is 192 g/mol. The molecule has 0 atom stereocenters. The van der Waals surface area contributed by atoms with Gasteiger partial charge in [-0.3, -0.25) is 9.20 Å². The number of rotatable bonds is 1. The van der Waals surface area contributed by atoms with Crippen molar-refractivity contribution in [1.29, 1.82) is 0 Å². The highest BCUT2D eigenvalue weighted by atomic mass is 32.1. The fourth-order valence-electron chi connectivity index (χ4n) is 0.952. The van der Waals surface area contributed by atoms with E-state index in [9.17, 15) is 9.59 Å². The van der Waals surface area contributed by atoms with Gasteiger partial charge in [0.1, 0.15) is 0 Å². The summed E-state index contributed by atoms with van der Waals surface area (Å²) in [5, 5.41) is 10.3. The quantitative estimate of drug-likeness (QED) is 0.719. The van der Waals surface area contributed by atoms with Crippen LogP contribution < -0.4 is 5.56 Å². The van der Waals surface area contributed by atoms with Crippen molar-refractivity contribution in [3.05, 3.63) is 33.7 Å². The molecule has 5 nitrogen and oxygen atoms in total. The van der Waals surface area contributed by atoms with Crippen molar-refractivity contribution in [2.75, 3.05) is 0 Å². The fraction of sp³-hybridized carbons (Fsp3) is 0. The van der Waals surface area contributed by atoms with E-state index in [0.717, 1.165) is 6.07 Å². The Morgan fingerprint density at radius 1 is 1.62 bits per heavy atom. The Balaban J connectivity index is 2.85. The summed E-state index contributed by atoms with van der Waals surface area (Å²) in [6.45, 7) is 0. The number of nitrogens with zero attached hydrogens (tertiary/aromatic N) is 2. The monoisotopic (exact) mass is 196 g/mol. The Morgan fingerprint density at radius 2 is 2.38 bits per heavy atom. The van der Waals surface area contributed by atoms with E-state index in [1.54, 1.807) is 11.6 Å². The third-order valence-electron chi connectivity index (χ3n) is 1.52. The maximum Gasteiger partial charge on any atom is 0.354 e. The highest BCUT2D eigenvalue weighted by molar-refractivity contribution is 7.15. The summed E-state index contributed by atoms with van der Waals surface area (Å²) < 4.78 is 1.30. The van der Waals surface area contributed by atoms with Gasteiger partial charge in [-0.15, -0.1) is 11.3 Å². The van der Waals surface area contributed by atoms with Gasteiger partial charge in [-0.2, -0.15) is 0 Å². The van der Waals surface area contributed by atoms with Crippen LogP contribution in [0.3, 0.4) is 0 Å². The highest BCUT2D eigenvalue weighted by Crippen LogP contribution is 2.06. The van der Waals surface area contributed by atoms with Gasteiger partial charge in [0.15, 0.2) is 10.7 Å². The summed E-state index contributed by atoms with van der Waals surface area (Å²) >= 11 is 1.22. The van der Waals surface area contributed by atoms with Crippen LogP contribution in [0, 0.1) is 0 Å². The molecule has 0 aliphatic carbocycles. The summed E-state index contributed by atoms with van der Waals surface area (Å²) in [6, 6.07) is 1.00. The van der Waals surface area contributed by atoms with Gasteiger partial charge in [-0.25, -0.2) is 9.78 Å². The van der Waals surface area contributed by atoms with Crippen molar-refractivity contribution in [3.63, 3.8) is 0 Å². The summed E-state index contributed by atoms with van der Waals surface area (Å²) in [6.07, 6.45) is 1.56. The number of carboxylic acid groups (broad SMARTS) is 1. The van der Waals surface area contributed by atoms with E-state index in [1.165, 1.54) is 15.7 Å². The van der Waals surface area contributed by atoms with Crippen LogP contribution in [0.2, 0.25) is 0 Å². The Kier molecular flexibility index (Phi) is 1.63. The lowest BCUT2D eigenvalue weighted by atomic mass is 10.4. The lowest BCUT2D eigenvalue weighted by Crippen LogP contribution is -2.15. The van der Waals surface area contributed by atoms with Crippen LogP contribution in [-0.4, -0.2) is 20.5 Å². The van der Waals surface area contributed by atoms with Crippen molar-refractivity contribution >= 4 is 22.3 Å². The summed E-state index contributed by atoms with van der Waals surface area (Å²) in [5.41, 5.74) is -0.587. The van der Waals surface area contributed by atoms with E-state index in [4.69, 9.17) is 5.11 Å². The SMILES string of the molecule is O=C(O)c1cc(=O)n2ccsc2n1. The molecule has 2 aromatic rings. The second-order valence-electron chi connectivity index (χ2n) is 2.34. The second kappa shape index (κ2) is 2.67. The first kappa shape index (κ1) is 7.93. The molecule has 2 aromatic heterocycles. The molecule has 6 heteroatoms. The summed E-state index contributed by atoms with van der Waals surface area (Å²) in [5.74, 6) is -1.19. The molecule has 0 unspecified atom stereocenters. The number of fused-ring (bicyclic) bond motifs is 1. The number of hydrogen-bond acceptors (Lipinski definition) is 4. The molecule has 13 heavy (non-hydrogen) atoms. The van der Waals surface area contributed by atoms with Crippen LogP contribution in [0.25, 0.3) is 4.96 Å². The topological polar surface area (TPSA) is 71.7 Å². The Bertz CT molecular complexity index is 528. The molecule has 2 heterocycles. The van der Waals surface area contributed by atoms with Crippen LogP contribution in [0.4, 0.5) is 0 Å². The van der Waals surface area contributed by atoms with E-state index in [1.807, 2.05) is 0 Å². The van der Waals surface area contributed by atoms with Crippen LogP contribution >= 0.6 is 11.3 Å². The zero-order valence-electron chi connectivity index (χ0n) is 6.30. The van der Waals surface area contributed by atoms with Gasteiger partial charge in [0, 0.05) is 17.6 Å². The van der Waals surface area contributed by atoms with Crippen LogP contribution in [0.15, 0.2) is 22.4 Å². The molecule has 0 spiro atoms. The maximum atomic E-state index is 11.2. The van der Waals surface area contributed by atoms with Crippen molar-refractivity contribution in [3.8, 4) is 0 Å². The molecule has 0 saturated carbocycles. The van der Waals surface area contributed by atoms with Crippen LogP contribution in [0.1, 0.15) is 10.5 Å². The first-order chi connectivity index (χ1) is 6.18. The van der Waals surface area contributed by atoms with Gasteiger partial charge in [-0.1, -0.05) is 0 Å². The van der Waals surface area contributed by atoms with Crippen molar-refractivity contribution in [1.82, 2.24) is 9.38 Å². The van der Waals surface area contributed by atoms with Crippen molar-refractivity contribution in [2.24, 2.45) is 0 Å². The average molecular weight is 196 g/mol. The van der Waals surface area contributed by atoms with Crippen molar-refractivity contribution in [2.45, 2.75) is 0 Å². The minimum atomic E-state index is -1.19. The predicted octanol–water partition coefficient (Wildman–Crippen LogP) is 0.454. The summed E-state index contributed by atoms with van der Waals surface area (Å²) in [4.78, 5) is 25.9. The van der Waals surface area contributed by atoms with Gasteiger partial charge in [-0.05, 0) is 0 Å². The van der Waals surface area contributed by atoms with Crippen LogP contribution in [0.5, 0.6) is 0 Å². The number of aromatic nitrogens is 2. The molecule has 0 amide bonds. The molecular formula is C7H4N2O3S. The van der Waals surface area contributed by atoms with E-state index >= 15 is 0 Å². The first-order valence-corrected chi connectivity index (χ1v) is 4.26. The van der Waals surface area contributed by atoms with E-state index in [0.29, 0.717) is 4.96 Å². The molecule has 66 valence electrons. The standard InChI is InChI=1S/C7H4N2O3S/c10-5-3-4(6(11)12)8-7-9(5)1-2-13-7/h1-3H,(H,11,12). The molecule has 0 aliphatic rings. The predicted molar refractivity (Wildman–Crippen MR) is 46.3 cm³/mol. The third-order valence-corrected chi connectivity index (χ3v) is 2.28. The number of aromatic carboxylic acids is 1. The first-order valence-electron chi connectivity index (χ1n) is 3.38. The number of carbonyl (C=O) groups is 1. The van der Waals surface area contributed by atoms with Gasteiger partial charge in [0.05, 0.1) is 0 Å². The number of thiazole rings is 1. The zero-order chi connectivity index (χ0) is 9.42. The zero-order valence-corrected chi connectivity index (χ0v) is 7.11. The average Bonchev–Trinajstić information content (AvgIpc) is 2.51. The van der Waals surface area contributed by atoms with Crippen LogP contribution in [-0.2, 0) is 0 Å². The number of hydrogen-bond donors (Lipinski definition) is 1. The van der Waals surface area contributed by atoms with Gasteiger partial charge >= 0.3 is 5.97 Å².